The molecule has 0 aliphatic heterocycles. The van der Waals surface area contributed by atoms with Crippen LogP contribution in [0.4, 0.5) is 0 Å². The van der Waals surface area contributed by atoms with Gasteiger partial charge in [-0.05, 0) is 18.4 Å². The van der Waals surface area contributed by atoms with E-state index in [0.29, 0.717) is 5.56 Å². The van der Waals surface area contributed by atoms with Crippen molar-refractivity contribution in [3.8, 4) is 0 Å². The van der Waals surface area contributed by atoms with Crippen molar-refractivity contribution < 1.29 is 14.3 Å². The van der Waals surface area contributed by atoms with E-state index in [1.807, 2.05) is 18.4 Å². The van der Waals surface area contributed by atoms with E-state index in [2.05, 4.69) is 4.74 Å². The van der Waals surface area contributed by atoms with Crippen molar-refractivity contribution in [2.24, 2.45) is 0 Å². The number of methoxy groups -OCH3 is 1. The molecule has 0 spiro atoms. The van der Waals surface area contributed by atoms with Crippen LogP contribution in [0.5, 0.6) is 0 Å². The topological polar surface area (TPSA) is 43.4 Å². The molecule has 1 rings (SSSR count). The Hall–Kier alpha value is -1.29. The van der Waals surface area contributed by atoms with Gasteiger partial charge in [-0.2, -0.15) is 0 Å². The molecule has 0 radical (unpaired) electrons. The van der Waals surface area contributed by atoms with Crippen molar-refractivity contribution in [2.45, 2.75) is 17.7 Å². The molecular weight excluding hydrogens is 224 g/mol. The van der Waals surface area contributed by atoms with Gasteiger partial charge in [0.1, 0.15) is 0 Å². The van der Waals surface area contributed by atoms with Crippen LogP contribution in [-0.4, -0.2) is 25.1 Å². The van der Waals surface area contributed by atoms with Gasteiger partial charge in [0.25, 0.3) is 0 Å². The fraction of sp³-hybridized carbons (Fsp3) is 0.333. The number of ether oxygens (including phenoxy) is 1. The van der Waals surface area contributed by atoms with Crippen LogP contribution < -0.4 is 0 Å². The second-order valence-electron chi connectivity index (χ2n) is 3.23. The zero-order chi connectivity index (χ0) is 12.0. The summed E-state index contributed by atoms with van der Waals surface area (Å²) in [5.74, 6) is -0.382. The molecule has 86 valence electrons. The second-order valence-corrected chi connectivity index (χ2v) is 4.11. The summed E-state index contributed by atoms with van der Waals surface area (Å²) in [5, 5.41) is 0. The molecule has 0 aliphatic rings. The van der Waals surface area contributed by atoms with E-state index in [4.69, 9.17) is 0 Å². The maximum absolute atomic E-state index is 11.7. The first kappa shape index (κ1) is 12.8. The van der Waals surface area contributed by atoms with Gasteiger partial charge in [0.2, 0.25) is 0 Å². The molecule has 1 aromatic rings. The fourth-order valence-electron chi connectivity index (χ4n) is 1.24. The van der Waals surface area contributed by atoms with Crippen molar-refractivity contribution in [1.29, 1.82) is 0 Å². The average Bonchev–Trinajstić information content (AvgIpc) is 2.35. The molecule has 0 amide bonds. The molecule has 0 unspecified atom stereocenters. The summed E-state index contributed by atoms with van der Waals surface area (Å²) in [5.41, 5.74) is 0.640. The van der Waals surface area contributed by atoms with Gasteiger partial charge >= 0.3 is 5.97 Å². The zero-order valence-corrected chi connectivity index (χ0v) is 10.2. The third-order valence-corrected chi connectivity index (χ3v) is 2.94. The number of benzene rings is 1. The smallest absolute Gasteiger partial charge is 0.305 e. The number of hydrogen-bond donors (Lipinski definition) is 0. The molecule has 0 heterocycles. The minimum absolute atomic E-state index is 0.0296. The van der Waals surface area contributed by atoms with E-state index in [1.54, 1.807) is 23.9 Å². The minimum atomic E-state index is -0.353. The molecular formula is C12H14O3S. The van der Waals surface area contributed by atoms with Crippen LogP contribution in [0.25, 0.3) is 0 Å². The molecule has 0 aromatic heterocycles. The number of esters is 1. The van der Waals surface area contributed by atoms with Gasteiger partial charge in [-0.3, -0.25) is 9.59 Å². The molecule has 1 aromatic carbocycles. The highest BCUT2D eigenvalue weighted by Gasteiger charge is 2.08. The van der Waals surface area contributed by atoms with Gasteiger partial charge in [0.15, 0.2) is 5.78 Å². The first-order valence-corrected chi connectivity index (χ1v) is 6.14. The predicted octanol–water partition coefficient (Wildman–Crippen LogP) is 2.54. The number of carbonyl (C=O) groups excluding carboxylic acids is 2. The largest absolute Gasteiger partial charge is 0.469 e. The van der Waals surface area contributed by atoms with Crippen LogP contribution in [0.1, 0.15) is 23.2 Å². The molecule has 0 atom stereocenters. The normalized spacial score (nSPS) is 9.88. The maximum Gasteiger partial charge on any atom is 0.305 e. The highest BCUT2D eigenvalue weighted by atomic mass is 32.2. The Labute approximate surface area is 99.2 Å². The highest BCUT2D eigenvalue weighted by Crippen LogP contribution is 2.16. The second kappa shape index (κ2) is 6.33. The monoisotopic (exact) mass is 238 g/mol. The SMILES string of the molecule is COC(=O)CCC(=O)c1ccc(SC)cc1. The summed E-state index contributed by atoms with van der Waals surface area (Å²) >= 11 is 1.63. The lowest BCUT2D eigenvalue weighted by Gasteiger charge is -2.01. The van der Waals surface area contributed by atoms with Gasteiger partial charge in [-0.15, -0.1) is 11.8 Å². The van der Waals surface area contributed by atoms with Crippen molar-refractivity contribution in [3.05, 3.63) is 29.8 Å². The lowest BCUT2D eigenvalue weighted by Crippen LogP contribution is -2.05. The number of Topliss-reactive ketones (excluding diaryl/α,β-unsaturated/α-hetero) is 1. The van der Waals surface area contributed by atoms with Gasteiger partial charge in [-0.25, -0.2) is 0 Å². The quantitative estimate of drug-likeness (QED) is 0.449. The van der Waals surface area contributed by atoms with Crippen LogP contribution in [0.15, 0.2) is 29.2 Å². The Balaban J connectivity index is 2.56. The van der Waals surface area contributed by atoms with Crippen LogP contribution >= 0.6 is 11.8 Å². The number of thioether (sulfide) groups is 1. The lowest BCUT2D eigenvalue weighted by molar-refractivity contribution is -0.140. The zero-order valence-electron chi connectivity index (χ0n) is 9.36. The van der Waals surface area contributed by atoms with E-state index >= 15 is 0 Å². The summed E-state index contributed by atoms with van der Waals surface area (Å²) in [6, 6.07) is 7.36. The Morgan fingerprint density at radius 1 is 1.19 bits per heavy atom. The number of carbonyl (C=O) groups is 2. The predicted molar refractivity (Wildman–Crippen MR) is 63.8 cm³/mol. The summed E-state index contributed by atoms with van der Waals surface area (Å²) in [7, 11) is 1.32. The molecule has 0 saturated carbocycles. The summed E-state index contributed by atoms with van der Waals surface area (Å²) in [6.45, 7) is 0. The van der Waals surface area contributed by atoms with E-state index in [1.165, 1.54) is 7.11 Å². The van der Waals surface area contributed by atoms with Crippen LogP contribution in [0, 0.1) is 0 Å². The van der Waals surface area contributed by atoms with E-state index in [-0.39, 0.29) is 24.6 Å². The number of rotatable bonds is 5. The van der Waals surface area contributed by atoms with Crippen molar-refractivity contribution in [1.82, 2.24) is 0 Å². The maximum atomic E-state index is 11.7. The molecule has 0 aliphatic carbocycles. The van der Waals surface area contributed by atoms with E-state index < -0.39 is 0 Å². The molecule has 0 bridgehead atoms. The van der Waals surface area contributed by atoms with Crippen molar-refractivity contribution >= 4 is 23.5 Å². The molecule has 4 heteroatoms. The Morgan fingerprint density at radius 2 is 1.81 bits per heavy atom. The summed E-state index contributed by atoms with van der Waals surface area (Å²) < 4.78 is 4.48. The first-order chi connectivity index (χ1) is 7.67. The summed E-state index contributed by atoms with van der Waals surface area (Å²) in [6.07, 6.45) is 2.32. The number of ketones is 1. The third kappa shape index (κ3) is 3.70. The third-order valence-electron chi connectivity index (χ3n) is 2.20. The first-order valence-electron chi connectivity index (χ1n) is 4.91. The van der Waals surface area contributed by atoms with E-state index in [9.17, 15) is 9.59 Å². The van der Waals surface area contributed by atoms with Gasteiger partial charge < -0.3 is 4.74 Å². The number of hydrogen-bond acceptors (Lipinski definition) is 4. The Morgan fingerprint density at radius 3 is 2.31 bits per heavy atom. The standard InChI is InChI=1S/C12H14O3S/c1-15-12(14)8-7-11(13)9-3-5-10(16-2)6-4-9/h3-6H,7-8H2,1-2H3. The summed E-state index contributed by atoms with van der Waals surface area (Å²) in [4.78, 5) is 23.6. The van der Waals surface area contributed by atoms with Gasteiger partial charge in [0, 0.05) is 16.9 Å². The molecule has 16 heavy (non-hydrogen) atoms. The van der Waals surface area contributed by atoms with Crippen molar-refractivity contribution in [2.75, 3.05) is 13.4 Å². The van der Waals surface area contributed by atoms with E-state index in [0.717, 1.165) is 4.90 Å². The van der Waals surface area contributed by atoms with Crippen LogP contribution in [0.2, 0.25) is 0 Å². The van der Waals surface area contributed by atoms with Gasteiger partial charge in [-0.1, -0.05) is 12.1 Å². The molecule has 0 saturated heterocycles. The fourth-order valence-corrected chi connectivity index (χ4v) is 1.65. The Kier molecular flexibility index (Phi) is 5.05. The molecule has 3 nitrogen and oxygen atoms in total. The highest BCUT2D eigenvalue weighted by molar-refractivity contribution is 7.98. The molecule has 0 fully saturated rings. The average molecular weight is 238 g/mol. The Bertz CT molecular complexity index is 370. The van der Waals surface area contributed by atoms with Crippen LogP contribution in [0.3, 0.4) is 0 Å². The van der Waals surface area contributed by atoms with Crippen LogP contribution in [-0.2, 0) is 9.53 Å². The van der Waals surface area contributed by atoms with Gasteiger partial charge in [0.05, 0.1) is 13.5 Å². The lowest BCUT2D eigenvalue weighted by atomic mass is 10.1. The molecule has 0 N–H and O–H groups in total. The minimum Gasteiger partial charge on any atom is -0.469 e. The van der Waals surface area contributed by atoms with Crippen molar-refractivity contribution in [3.63, 3.8) is 0 Å².